The van der Waals surface area contributed by atoms with Gasteiger partial charge in [-0.15, -0.1) is 11.8 Å². The number of anilines is 1. The maximum Gasteiger partial charge on any atom is 0.256 e. The molecule has 2 aromatic carbocycles. The number of para-hydroxylation sites is 1. The van der Waals surface area contributed by atoms with Gasteiger partial charge in [-0.1, -0.05) is 19.1 Å². The van der Waals surface area contributed by atoms with Crippen LogP contribution in [0.3, 0.4) is 0 Å². The van der Waals surface area contributed by atoms with E-state index in [4.69, 9.17) is 5.26 Å². The van der Waals surface area contributed by atoms with Crippen LogP contribution in [-0.2, 0) is 0 Å². The molecule has 1 amide bonds. The van der Waals surface area contributed by atoms with Crippen molar-refractivity contribution in [1.29, 1.82) is 5.26 Å². The van der Waals surface area contributed by atoms with Gasteiger partial charge in [0, 0.05) is 20.1 Å². The molecule has 0 spiro atoms. The van der Waals surface area contributed by atoms with Crippen molar-refractivity contribution in [3.8, 4) is 6.07 Å². The SMILES string of the molecule is CC(CC#N)Sc1ccccc1NC(=O)c1ccc(F)cc1I. The topological polar surface area (TPSA) is 52.9 Å². The Balaban J connectivity index is 2.19. The van der Waals surface area contributed by atoms with Crippen molar-refractivity contribution >= 4 is 45.9 Å². The second-order valence-corrected chi connectivity index (χ2v) is 7.51. The second-order valence-electron chi connectivity index (χ2n) is 4.87. The number of nitrogens with one attached hydrogen (secondary N) is 1. The molecular weight excluding hydrogens is 426 g/mol. The van der Waals surface area contributed by atoms with Gasteiger partial charge in [0.1, 0.15) is 5.82 Å². The first-order chi connectivity index (χ1) is 11.0. The van der Waals surface area contributed by atoms with Gasteiger partial charge in [0.25, 0.3) is 5.91 Å². The minimum Gasteiger partial charge on any atom is -0.321 e. The van der Waals surface area contributed by atoms with E-state index in [1.807, 2.05) is 53.8 Å². The van der Waals surface area contributed by atoms with Crippen LogP contribution in [0, 0.1) is 20.7 Å². The van der Waals surface area contributed by atoms with E-state index in [0.717, 1.165) is 4.90 Å². The molecule has 0 aliphatic carbocycles. The largest absolute Gasteiger partial charge is 0.321 e. The molecule has 118 valence electrons. The molecule has 1 unspecified atom stereocenters. The lowest BCUT2D eigenvalue weighted by molar-refractivity contribution is 0.102. The van der Waals surface area contributed by atoms with Crippen molar-refractivity contribution in [2.24, 2.45) is 0 Å². The standard InChI is InChI=1S/C17H14FIN2OS/c1-11(8-9-20)23-16-5-3-2-4-15(16)21-17(22)13-7-6-12(18)10-14(13)19/h2-7,10-11H,8H2,1H3,(H,21,22). The summed E-state index contributed by atoms with van der Waals surface area (Å²) >= 11 is 3.48. The van der Waals surface area contributed by atoms with Gasteiger partial charge in [-0.25, -0.2) is 4.39 Å². The summed E-state index contributed by atoms with van der Waals surface area (Å²) in [6, 6.07) is 13.7. The Kier molecular flexibility index (Phi) is 6.42. The van der Waals surface area contributed by atoms with Gasteiger partial charge in [0.05, 0.1) is 17.3 Å². The van der Waals surface area contributed by atoms with Crippen LogP contribution >= 0.6 is 34.4 Å². The first-order valence-corrected chi connectivity index (χ1v) is 8.86. The number of hydrogen-bond donors (Lipinski definition) is 1. The lowest BCUT2D eigenvalue weighted by Crippen LogP contribution is -2.14. The average Bonchev–Trinajstić information content (AvgIpc) is 2.49. The molecule has 2 aromatic rings. The Morgan fingerprint density at radius 3 is 2.83 bits per heavy atom. The summed E-state index contributed by atoms with van der Waals surface area (Å²) in [6.07, 6.45) is 0.433. The predicted molar refractivity (Wildman–Crippen MR) is 99.1 cm³/mol. The van der Waals surface area contributed by atoms with Crippen LogP contribution in [0.2, 0.25) is 0 Å². The Hall–Kier alpha value is -1.59. The third-order valence-electron chi connectivity index (χ3n) is 3.02. The normalized spacial score (nSPS) is 11.6. The van der Waals surface area contributed by atoms with E-state index in [1.54, 1.807) is 0 Å². The van der Waals surface area contributed by atoms with Crippen molar-refractivity contribution in [2.45, 2.75) is 23.5 Å². The number of halogens is 2. The van der Waals surface area contributed by atoms with Crippen LogP contribution in [-0.4, -0.2) is 11.2 Å². The third-order valence-corrected chi connectivity index (χ3v) is 5.09. The zero-order valence-corrected chi connectivity index (χ0v) is 15.3. The van der Waals surface area contributed by atoms with E-state index in [9.17, 15) is 9.18 Å². The van der Waals surface area contributed by atoms with E-state index in [2.05, 4.69) is 11.4 Å². The summed E-state index contributed by atoms with van der Waals surface area (Å²) in [5.41, 5.74) is 1.12. The number of carbonyl (C=O) groups excluding carboxylic acids is 1. The summed E-state index contributed by atoms with van der Waals surface area (Å²) in [7, 11) is 0. The van der Waals surface area contributed by atoms with Gasteiger partial charge in [-0.05, 0) is 52.9 Å². The fourth-order valence-electron chi connectivity index (χ4n) is 1.92. The third kappa shape index (κ3) is 4.94. The van der Waals surface area contributed by atoms with E-state index in [0.29, 0.717) is 21.2 Å². The van der Waals surface area contributed by atoms with Crippen LogP contribution in [0.1, 0.15) is 23.7 Å². The molecule has 0 fully saturated rings. The maximum absolute atomic E-state index is 13.2. The van der Waals surface area contributed by atoms with E-state index < -0.39 is 0 Å². The molecule has 6 heteroatoms. The zero-order chi connectivity index (χ0) is 16.8. The minimum atomic E-state index is -0.368. The van der Waals surface area contributed by atoms with E-state index in [-0.39, 0.29) is 17.0 Å². The molecule has 0 bridgehead atoms. The fraction of sp³-hybridized carbons (Fsp3) is 0.176. The number of thioether (sulfide) groups is 1. The molecule has 1 atom stereocenters. The van der Waals surface area contributed by atoms with Crippen LogP contribution < -0.4 is 5.32 Å². The van der Waals surface area contributed by atoms with Gasteiger partial charge >= 0.3 is 0 Å². The molecule has 1 N–H and O–H groups in total. The summed E-state index contributed by atoms with van der Waals surface area (Å²) in [6.45, 7) is 1.97. The van der Waals surface area contributed by atoms with Crippen molar-refractivity contribution in [1.82, 2.24) is 0 Å². The van der Waals surface area contributed by atoms with Crippen LogP contribution in [0.4, 0.5) is 10.1 Å². The average molecular weight is 440 g/mol. The summed E-state index contributed by atoms with van der Waals surface area (Å²) in [4.78, 5) is 13.3. The van der Waals surface area contributed by atoms with Gasteiger partial charge in [-0.3, -0.25) is 4.79 Å². The molecule has 0 aliphatic rings. The number of rotatable bonds is 5. The smallest absolute Gasteiger partial charge is 0.256 e. The highest BCUT2D eigenvalue weighted by Crippen LogP contribution is 2.32. The summed E-state index contributed by atoms with van der Waals surface area (Å²) in [5.74, 6) is -0.650. The minimum absolute atomic E-state index is 0.129. The van der Waals surface area contributed by atoms with Gasteiger partial charge in [0.15, 0.2) is 0 Å². The predicted octanol–water partition coefficient (Wildman–Crippen LogP) is 5.08. The Morgan fingerprint density at radius 2 is 2.13 bits per heavy atom. The maximum atomic E-state index is 13.2. The van der Waals surface area contributed by atoms with Crippen molar-refractivity contribution in [3.63, 3.8) is 0 Å². The van der Waals surface area contributed by atoms with Crippen molar-refractivity contribution in [2.75, 3.05) is 5.32 Å². The van der Waals surface area contributed by atoms with E-state index >= 15 is 0 Å². The molecule has 0 saturated carbocycles. The van der Waals surface area contributed by atoms with Gasteiger partial charge < -0.3 is 5.32 Å². The highest BCUT2D eigenvalue weighted by Gasteiger charge is 2.14. The lowest BCUT2D eigenvalue weighted by Gasteiger charge is -2.13. The Labute approximate surface area is 152 Å². The lowest BCUT2D eigenvalue weighted by atomic mass is 10.2. The van der Waals surface area contributed by atoms with E-state index in [1.165, 1.54) is 30.0 Å². The zero-order valence-electron chi connectivity index (χ0n) is 12.3. The molecule has 0 radical (unpaired) electrons. The van der Waals surface area contributed by atoms with Crippen LogP contribution in [0.15, 0.2) is 47.4 Å². The molecule has 0 heterocycles. The quantitative estimate of drug-likeness (QED) is 0.522. The molecule has 0 aliphatic heterocycles. The van der Waals surface area contributed by atoms with Crippen molar-refractivity contribution < 1.29 is 9.18 Å². The fourth-order valence-corrected chi connectivity index (χ4v) is 3.64. The number of hydrogen-bond acceptors (Lipinski definition) is 3. The Bertz CT molecular complexity index is 760. The van der Waals surface area contributed by atoms with Gasteiger partial charge in [0.2, 0.25) is 0 Å². The molecular formula is C17H14FIN2OS. The second kappa shape index (κ2) is 8.31. The Morgan fingerprint density at radius 1 is 1.39 bits per heavy atom. The number of carbonyl (C=O) groups is 1. The van der Waals surface area contributed by atoms with Crippen LogP contribution in [0.25, 0.3) is 0 Å². The highest BCUT2D eigenvalue weighted by atomic mass is 127. The number of nitriles is 1. The first kappa shape index (κ1) is 17.8. The molecule has 23 heavy (non-hydrogen) atoms. The summed E-state index contributed by atoms with van der Waals surface area (Å²) < 4.78 is 13.7. The monoisotopic (exact) mass is 440 g/mol. The van der Waals surface area contributed by atoms with Crippen molar-refractivity contribution in [3.05, 3.63) is 57.4 Å². The number of benzene rings is 2. The molecule has 3 nitrogen and oxygen atoms in total. The highest BCUT2D eigenvalue weighted by molar-refractivity contribution is 14.1. The first-order valence-electron chi connectivity index (χ1n) is 6.90. The summed E-state index contributed by atoms with van der Waals surface area (Å²) in [5, 5.41) is 11.8. The number of amides is 1. The van der Waals surface area contributed by atoms with Gasteiger partial charge in [-0.2, -0.15) is 5.26 Å². The van der Waals surface area contributed by atoms with Crippen LogP contribution in [0.5, 0.6) is 0 Å². The molecule has 0 saturated heterocycles. The molecule has 2 rings (SSSR count). The molecule has 0 aromatic heterocycles. The number of nitrogens with zero attached hydrogens (tertiary/aromatic N) is 1.